The normalized spacial score (nSPS) is 14.1. The van der Waals surface area contributed by atoms with Gasteiger partial charge in [-0.05, 0) is 11.6 Å². The number of alkyl halides is 1. The molecule has 0 spiro atoms. The molecule has 0 amide bonds. The van der Waals surface area contributed by atoms with Crippen LogP contribution in [0.25, 0.3) is 0 Å². The summed E-state index contributed by atoms with van der Waals surface area (Å²) in [4.78, 5) is 7.45. The Labute approximate surface area is 119 Å². The summed E-state index contributed by atoms with van der Waals surface area (Å²) in [5.41, 5.74) is 0.404. The summed E-state index contributed by atoms with van der Waals surface area (Å²) in [5.74, 6) is -2.85. The van der Waals surface area contributed by atoms with Crippen molar-refractivity contribution in [1.29, 1.82) is 0 Å². The van der Waals surface area contributed by atoms with Crippen molar-refractivity contribution < 1.29 is 13.2 Å². The largest absolute Gasteiger partial charge is 0.242 e. The van der Waals surface area contributed by atoms with Gasteiger partial charge in [0.1, 0.15) is 18.0 Å². The van der Waals surface area contributed by atoms with Gasteiger partial charge in [0.25, 0.3) is 0 Å². The van der Waals surface area contributed by atoms with Crippen LogP contribution in [0.3, 0.4) is 0 Å². The van der Waals surface area contributed by atoms with Crippen molar-refractivity contribution in [3.8, 4) is 0 Å². The Balaban J connectivity index is 2.39. The summed E-state index contributed by atoms with van der Waals surface area (Å²) >= 11 is 5.88. The fraction of sp³-hybridized carbons (Fsp3) is 0.286. The van der Waals surface area contributed by atoms with Crippen molar-refractivity contribution in [2.45, 2.75) is 18.8 Å². The summed E-state index contributed by atoms with van der Waals surface area (Å²) in [6, 6.07) is 3.27. The Hall–Kier alpha value is -1.62. The van der Waals surface area contributed by atoms with Crippen molar-refractivity contribution >= 4 is 11.6 Å². The minimum Gasteiger partial charge on any atom is -0.242 e. The van der Waals surface area contributed by atoms with Crippen LogP contribution in [-0.4, -0.2) is 15.8 Å². The highest BCUT2D eigenvalue weighted by Crippen LogP contribution is 2.35. The fourth-order valence-electron chi connectivity index (χ4n) is 2.14. The van der Waals surface area contributed by atoms with Crippen molar-refractivity contribution in [2.24, 2.45) is 0 Å². The maximum absolute atomic E-state index is 13.8. The van der Waals surface area contributed by atoms with E-state index < -0.39 is 29.3 Å². The fourth-order valence-corrected chi connectivity index (χ4v) is 2.57. The smallest absolute Gasteiger partial charge is 0.163 e. The molecule has 2 nitrogen and oxygen atoms in total. The zero-order valence-electron chi connectivity index (χ0n) is 10.7. The Morgan fingerprint density at radius 1 is 1.20 bits per heavy atom. The van der Waals surface area contributed by atoms with E-state index in [0.717, 1.165) is 18.3 Å². The summed E-state index contributed by atoms with van der Waals surface area (Å²) in [6.45, 7) is 1.70. The van der Waals surface area contributed by atoms with Gasteiger partial charge in [-0.2, -0.15) is 0 Å². The van der Waals surface area contributed by atoms with Crippen LogP contribution in [0.1, 0.15) is 30.0 Å². The maximum atomic E-state index is 13.8. The first-order valence-corrected chi connectivity index (χ1v) is 6.54. The molecule has 2 rings (SSSR count). The van der Waals surface area contributed by atoms with Crippen molar-refractivity contribution in [3.63, 3.8) is 0 Å². The third-order valence-corrected chi connectivity index (χ3v) is 3.59. The van der Waals surface area contributed by atoms with Gasteiger partial charge in [-0.25, -0.2) is 23.1 Å². The van der Waals surface area contributed by atoms with E-state index >= 15 is 0 Å². The summed E-state index contributed by atoms with van der Waals surface area (Å²) in [5, 5.41) is 0. The molecule has 2 aromatic rings. The third kappa shape index (κ3) is 2.93. The lowest BCUT2D eigenvalue weighted by atomic mass is 9.86. The number of hydrogen-bond donors (Lipinski definition) is 0. The molecule has 20 heavy (non-hydrogen) atoms. The molecule has 0 radical (unpaired) electrons. The van der Waals surface area contributed by atoms with Crippen LogP contribution in [0, 0.1) is 17.5 Å². The first-order valence-electron chi connectivity index (χ1n) is 6.01. The molecule has 0 bridgehead atoms. The van der Waals surface area contributed by atoms with Crippen LogP contribution in [0.2, 0.25) is 0 Å². The predicted molar refractivity (Wildman–Crippen MR) is 70.2 cm³/mol. The SMILES string of the molecule is CC(c1ncncc1F)C(CCl)c1ccc(F)cc1F. The summed E-state index contributed by atoms with van der Waals surface area (Å²) in [7, 11) is 0. The summed E-state index contributed by atoms with van der Waals surface area (Å²) < 4.78 is 40.5. The van der Waals surface area contributed by atoms with Crippen LogP contribution in [0.15, 0.2) is 30.7 Å². The second-order valence-corrected chi connectivity index (χ2v) is 4.78. The van der Waals surface area contributed by atoms with Crippen LogP contribution in [0.4, 0.5) is 13.2 Å². The monoisotopic (exact) mass is 300 g/mol. The Morgan fingerprint density at radius 2 is 1.95 bits per heavy atom. The Morgan fingerprint density at radius 3 is 2.55 bits per heavy atom. The molecule has 1 heterocycles. The van der Waals surface area contributed by atoms with Gasteiger partial charge in [0, 0.05) is 23.8 Å². The van der Waals surface area contributed by atoms with E-state index in [1.165, 1.54) is 12.4 Å². The number of benzene rings is 1. The van der Waals surface area contributed by atoms with E-state index in [2.05, 4.69) is 9.97 Å². The minimum atomic E-state index is -0.697. The lowest BCUT2D eigenvalue weighted by Gasteiger charge is -2.22. The van der Waals surface area contributed by atoms with E-state index in [-0.39, 0.29) is 17.1 Å². The van der Waals surface area contributed by atoms with Gasteiger partial charge in [-0.15, -0.1) is 11.6 Å². The topological polar surface area (TPSA) is 25.8 Å². The van der Waals surface area contributed by atoms with Gasteiger partial charge < -0.3 is 0 Å². The van der Waals surface area contributed by atoms with Gasteiger partial charge in [0.2, 0.25) is 0 Å². The number of hydrogen-bond acceptors (Lipinski definition) is 2. The molecule has 0 fully saturated rings. The molecule has 0 saturated heterocycles. The third-order valence-electron chi connectivity index (χ3n) is 3.26. The molecule has 1 aromatic carbocycles. The molecule has 0 aliphatic carbocycles. The number of rotatable bonds is 4. The quantitative estimate of drug-likeness (QED) is 0.797. The zero-order chi connectivity index (χ0) is 14.7. The van der Waals surface area contributed by atoms with Gasteiger partial charge in [-0.3, -0.25) is 0 Å². The first-order chi connectivity index (χ1) is 9.54. The molecule has 0 N–H and O–H groups in total. The van der Waals surface area contributed by atoms with E-state index in [4.69, 9.17) is 11.6 Å². The van der Waals surface area contributed by atoms with E-state index in [1.807, 2.05) is 0 Å². The second-order valence-electron chi connectivity index (χ2n) is 4.47. The molecule has 0 saturated carbocycles. The molecule has 2 unspecified atom stereocenters. The lowest BCUT2D eigenvalue weighted by Crippen LogP contribution is -2.15. The van der Waals surface area contributed by atoms with Crippen LogP contribution >= 0.6 is 11.6 Å². The van der Waals surface area contributed by atoms with Gasteiger partial charge in [-0.1, -0.05) is 13.0 Å². The van der Waals surface area contributed by atoms with Gasteiger partial charge >= 0.3 is 0 Å². The van der Waals surface area contributed by atoms with Crippen LogP contribution in [-0.2, 0) is 0 Å². The minimum absolute atomic E-state index is 0.0627. The lowest BCUT2D eigenvalue weighted by molar-refractivity contribution is 0.508. The zero-order valence-corrected chi connectivity index (χ0v) is 11.4. The predicted octanol–water partition coefficient (Wildman–Crippen LogP) is 4.02. The van der Waals surface area contributed by atoms with Gasteiger partial charge in [0.05, 0.1) is 11.9 Å². The number of nitrogens with zero attached hydrogens (tertiary/aromatic N) is 2. The van der Waals surface area contributed by atoms with E-state index in [9.17, 15) is 13.2 Å². The molecule has 1 aromatic heterocycles. The Bertz CT molecular complexity index is 607. The van der Waals surface area contributed by atoms with Crippen molar-refractivity contribution in [2.75, 3.05) is 5.88 Å². The Kier molecular flexibility index (Phi) is 4.60. The highest BCUT2D eigenvalue weighted by atomic mass is 35.5. The average Bonchev–Trinajstić information content (AvgIpc) is 2.42. The number of halogens is 4. The van der Waals surface area contributed by atoms with E-state index in [0.29, 0.717) is 0 Å². The molecule has 6 heteroatoms. The van der Waals surface area contributed by atoms with Gasteiger partial charge in [0.15, 0.2) is 5.82 Å². The molecular weight excluding hydrogens is 289 g/mol. The molecule has 0 aliphatic rings. The van der Waals surface area contributed by atoms with Crippen molar-refractivity contribution in [1.82, 2.24) is 9.97 Å². The van der Waals surface area contributed by atoms with E-state index in [1.54, 1.807) is 6.92 Å². The van der Waals surface area contributed by atoms with Crippen LogP contribution < -0.4 is 0 Å². The van der Waals surface area contributed by atoms with Crippen LogP contribution in [0.5, 0.6) is 0 Å². The molecule has 0 aliphatic heterocycles. The standard InChI is InChI=1S/C14H12ClF3N2/c1-8(14-13(18)6-19-7-20-14)11(5-15)10-3-2-9(16)4-12(10)17/h2-4,6-8,11H,5H2,1H3. The molecule has 2 atom stereocenters. The highest BCUT2D eigenvalue weighted by Gasteiger charge is 2.26. The highest BCUT2D eigenvalue weighted by molar-refractivity contribution is 6.18. The number of aromatic nitrogens is 2. The second kappa shape index (κ2) is 6.22. The maximum Gasteiger partial charge on any atom is 0.163 e. The van der Waals surface area contributed by atoms with Crippen molar-refractivity contribution in [3.05, 3.63) is 59.4 Å². The average molecular weight is 301 g/mol. The molecular formula is C14H12ClF3N2. The first kappa shape index (κ1) is 14.8. The molecule has 106 valence electrons. The summed E-state index contributed by atoms with van der Waals surface area (Å²) in [6.07, 6.45) is 2.27.